The summed E-state index contributed by atoms with van der Waals surface area (Å²) in [6.45, 7) is 3.19. The first-order valence-corrected chi connectivity index (χ1v) is 11.1. The third-order valence-electron chi connectivity index (χ3n) is 6.25. The van der Waals surface area contributed by atoms with Crippen molar-refractivity contribution in [2.45, 2.75) is 51.6 Å². The molecule has 1 fully saturated rings. The minimum atomic E-state index is -0.290. The Labute approximate surface area is 182 Å². The van der Waals surface area contributed by atoms with Gasteiger partial charge in [-0.25, -0.2) is 9.18 Å². The van der Waals surface area contributed by atoms with E-state index in [0.29, 0.717) is 32.5 Å². The van der Waals surface area contributed by atoms with Gasteiger partial charge in [0.2, 0.25) is 5.91 Å². The van der Waals surface area contributed by atoms with Crippen molar-refractivity contribution in [3.05, 3.63) is 52.6 Å². The zero-order valence-electron chi connectivity index (χ0n) is 18.1. The number of halogens is 1. The van der Waals surface area contributed by atoms with E-state index in [1.54, 1.807) is 17.0 Å². The van der Waals surface area contributed by atoms with Crippen LogP contribution in [0.2, 0.25) is 0 Å². The van der Waals surface area contributed by atoms with Gasteiger partial charge >= 0.3 is 6.03 Å². The Morgan fingerprint density at radius 1 is 1.06 bits per heavy atom. The minimum absolute atomic E-state index is 0.144. The fourth-order valence-corrected chi connectivity index (χ4v) is 4.46. The van der Waals surface area contributed by atoms with Crippen LogP contribution in [0.4, 0.5) is 9.18 Å². The summed E-state index contributed by atoms with van der Waals surface area (Å²) in [5.41, 5.74) is 3.98. The van der Waals surface area contributed by atoms with Crippen molar-refractivity contribution in [2.75, 3.05) is 19.6 Å². The van der Waals surface area contributed by atoms with E-state index in [4.69, 9.17) is 0 Å². The van der Waals surface area contributed by atoms with Crippen LogP contribution in [0.15, 0.2) is 24.3 Å². The molecule has 0 radical (unpaired) electrons. The first-order valence-electron chi connectivity index (χ1n) is 11.1. The smallest absolute Gasteiger partial charge is 0.317 e. The molecule has 8 heteroatoms. The molecule has 0 saturated carbocycles. The Morgan fingerprint density at radius 2 is 1.81 bits per heavy atom. The van der Waals surface area contributed by atoms with Crippen molar-refractivity contribution in [3.63, 3.8) is 0 Å². The largest absolute Gasteiger partial charge is 0.343 e. The fraction of sp³-hybridized carbons (Fsp3) is 0.522. The Morgan fingerprint density at radius 3 is 2.55 bits per heavy atom. The van der Waals surface area contributed by atoms with Gasteiger partial charge in [0.1, 0.15) is 5.82 Å². The van der Waals surface area contributed by atoms with Crippen LogP contribution in [0.3, 0.4) is 0 Å². The van der Waals surface area contributed by atoms with Crippen molar-refractivity contribution < 1.29 is 14.0 Å². The number of fused-ring (bicyclic) bond motifs is 1. The van der Waals surface area contributed by atoms with Crippen LogP contribution in [0, 0.1) is 5.82 Å². The van der Waals surface area contributed by atoms with Crippen LogP contribution in [-0.2, 0) is 37.8 Å². The lowest BCUT2D eigenvalue weighted by Crippen LogP contribution is -2.42. The zero-order valence-corrected chi connectivity index (χ0v) is 18.1. The average molecular weight is 428 g/mol. The van der Waals surface area contributed by atoms with Gasteiger partial charge in [-0.15, -0.1) is 0 Å². The van der Waals surface area contributed by atoms with Crippen molar-refractivity contribution >= 4 is 11.9 Å². The second kappa shape index (κ2) is 9.49. The Hall–Kier alpha value is -2.90. The molecule has 1 aromatic heterocycles. The maximum atomic E-state index is 13.0. The number of piperidine rings is 1. The molecule has 3 amide bonds. The lowest BCUT2D eigenvalue weighted by molar-refractivity contribution is -0.132. The van der Waals surface area contributed by atoms with Gasteiger partial charge in [-0.1, -0.05) is 12.1 Å². The number of carbonyl (C=O) groups excluding carboxylic acids is 2. The van der Waals surface area contributed by atoms with E-state index in [0.717, 1.165) is 54.9 Å². The van der Waals surface area contributed by atoms with E-state index in [9.17, 15) is 14.0 Å². The highest BCUT2D eigenvalue weighted by molar-refractivity contribution is 5.76. The summed E-state index contributed by atoms with van der Waals surface area (Å²) < 4.78 is 14.9. The Balaban J connectivity index is 1.35. The molecule has 0 aliphatic carbocycles. The molecule has 1 saturated heterocycles. The van der Waals surface area contributed by atoms with Crippen LogP contribution >= 0.6 is 0 Å². The minimum Gasteiger partial charge on any atom is -0.343 e. The highest BCUT2D eigenvalue weighted by Crippen LogP contribution is 2.24. The lowest BCUT2D eigenvalue weighted by Gasteiger charge is -2.28. The topological polar surface area (TPSA) is 70.5 Å². The summed E-state index contributed by atoms with van der Waals surface area (Å²) in [6.07, 6.45) is 5.18. The number of amides is 3. The number of carbonyl (C=O) groups is 2. The van der Waals surface area contributed by atoms with Crippen LogP contribution < -0.4 is 5.32 Å². The maximum Gasteiger partial charge on any atom is 0.317 e. The van der Waals surface area contributed by atoms with E-state index in [-0.39, 0.29) is 17.8 Å². The summed E-state index contributed by atoms with van der Waals surface area (Å²) in [6, 6.07) is 5.98. The molecule has 2 aromatic rings. The number of urea groups is 1. The first-order chi connectivity index (χ1) is 15.0. The lowest BCUT2D eigenvalue weighted by atomic mass is 10.0. The van der Waals surface area contributed by atoms with E-state index in [2.05, 4.69) is 10.4 Å². The molecule has 2 aliphatic heterocycles. The van der Waals surface area contributed by atoms with Gasteiger partial charge in [0.15, 0.2) is 0 Å². The Bertz CT molecular complexity index is 934. The van der Waals surface area contributed by atoms with Gasteiger partial charge in [-0.3, -0.25) is 9.48 Å². The molecule has 166 valence electrons. The molecule has 0 spiro atoms. The fourth-order valence-electron chi connectivity index (χ4n) is 4.46. The zero-order chi connectivity index (χ0) is 21.8. The molecule has 1 aromatic carbocycles. The summed E-state index contributed by atoms with van der Waals surface area (Å²) in [5.74, 6) is -0.0923. The van der Waals surface area contributed by atoms with Crippen molar-refractivity contribution in [3.8, 4) is 0 Å². The number of nitrogens with one attached hydrogen (secondary N) is 1. The van der Waals surface area contributed by atoms with Crippen LogP contribution in [-0.4, -0.2) is 51.2 Å². The maximum absolute atomic E-state index is 13.0. The number of hydrogen-bond acceptors (Lipinski definition) is 3. The molecular formula is C23H30FN5O2. The number of nitrogens with zero attached hydrogens (tertiary/aromatic N) is 4. The number of hydrogen-bond donors (Lipinski definition) is 1. The van der Waals surface area contributed by atoms with Crippen LogP contribution in [0.5, 0.6) is 0 Å². The number of likely N-dealkylation sites (tertiary alicyclic amines) is 1. The quantitative estimate of drug-likeness (QED) is 0.798. The van der Waals surface area contributed by atoms with E-state index >= 15 is 0 Å². The molecular weight excluding hydrogens is 397 g/mol. The van der Waals surface area contributed by atoms with Gasteiger partial charge < -0.3 is 15.1 Å². The number of benzene rings is 1. The van der Waals surface area contributed by atoms with E-state index in [1.807, 2.05) is 16.6 Å². The molecule has 3 heterocycles. The van der Waals surface area contributed by atoms with Crippen LogP contribution in [0.25, 0.3) is 0 Å². The first kappa shape index (κ1) is 21.3. The molecule has 0 unspecified atom stereocenters. The molecule has 0 atom stereocenters. The standard InChI is InChI=1S/C23H30FN5O2/c1-27-21-11-14-29(23(31)25-15-17-5-7-18(24)8-6-17)16-19(21)20(26-27)9-10-22(30)28-12-3-2-4-13-28/h5-8H,2-4,9-16H2,1H3,(H,25,31). The van der Waals surface area contributed by atoms with Gasteiger partial charge in [-0.2, -0.15) is 5.10 Å². The number of aromatic nitrogens is 2. The molecule has 2 aliphatic rings. The number of rotatable bonds is 5. The molecule has 0 bridgehead atoms. The summed E-state index contributed by atoms with van der Waals surface area (Å²) in [7, 11) is 1.93. The third-order valence-corrected chi connectivity index (χ3v) is 6.25. The molecule has 1 N–H and O–H groups in total. The van der Waals surface area contributed by atoms with Crippen LogP contribution in [0.1, 0.15) is 48.2 Å². The number of aryl methyl sites for hydroxylation is 2. The Kier molecular flexibility index (Phi) is 6.53. The predicted molar refractivity (Wildman–Crippen MR) is 115 cm³/mol. The molecule has 31 heavy (non-hydrogen) atoms. The summed E-state index contributed by atoms with van der Waals surface area (Å²) in [5, 5.41) is 7.57. The predicted octanol–water partition coefficient (Wildman–Crippen LogP) is 2.77. The van der Waals surface area contributed by atoms with Crippen molar-refractivity contribution in [1.82, 2.24) is 24.9 Å². The highest BCUT2D eigenvalue weighted by atomic mass is 19.1. The van der Waals surface area contributed by atoms with E-state index < -0.39 is 0 Å². The van der Waals surface area contributed by atoms with Crippen molar-refractivity contribution in [1.29, 1.82) is 0 Å². The summed E-state index contributed by atoms with van der Waals surface area (Å²) >= 11 is 0. The van der Waals surface area contributed by atoms with Gasteiger partial charge in [0.05, 0.1) is 12.2 Å². The second-order valence-corrected chi connectivity index (χ2v) is 8.39. The van der Waals surface area contributed by atoms with Gasteiger partial charge in [-0.05, 0) is 37.0 Å². The molecule has 4 rings (SSSR count). The average Bonchev–Trinajstić information content (AvgIpc) is 3.12. The molecule has 7 nitrogen and oxygen atoms in total. The van der Waals surface area contributed by atoms with Gasteiger partial charge in [0.25, 0.3) is 0 Å². The normalized spacial score (nSPS) is 16.2. The summed E-state index contributed by atoms with van der Waals surface area (Å²) in [4.78, 5) is 29.0. The SMILES string of the molecule is Cn1nc(CCC(=O)N2CCCCC2)c2c1CCN(C(=O)NCc1ccc(F)cc1)C2. The van der Waals surface area contributed by atoms with Crippen molar-refractivity contribution in [2.24, 2.45) is 7.05 Å². The third kappa shape index (κ3) is 5.06. The monoisotopic (exact) mass is 427 g/mol. The highest BCUT2D eigenvalue weighted by Gasteiger charge is 2.27. The van der Waals surface area contributed by atoms with E-state index in [1.165, 1.54) is 18.6 Å². The van der Waals surface area contributed by atoms with Gasteiger partial charge in [0, 0.05) is 63.7 Å². The second-order valence-electron chi connectivity index (χ2n) is 8.39.